The molecule has 136 valence electrons. The van der Waals surface area contributed by atoms with E-state index in [1.165, 1.54) is 0 Å². The summed E-state index contributed by atoms with van der Waals surface area (Å²) in [7, 11) is 1.63. The number of methoxy groups -OCH3 is 1. The van der Waals surface area contributed by atoms with Gasteiger partial charge in [0, 0.05) is 12.1 Å². The van der Waals surface area contributed by atoms with E-state index in [0.29, 0.717) is 30.3 Å². The van der Waals surface area contributed by atoms with Gasteiger partial charge in [-0.25, -0.2) is 9.36 Å². The van der Waals surface area contributed by atoms with Crippen LogP contribution in [0, 0.1) is 13.8 Å². The Balaban J connectivity index is 1.77. The Labute approximate surface area is 151 Å². The monoisotopic (exact) mass is 354 g/mol. The van der Waals surface area contributed by atoms with Crippen LogP contribution in [0.25, 0.3) is 0 Å². The maximum absolute atomic E-state index is 12.6. The summed E-state index contributed by atoms with van der Waals surface area (Å²) in [6.07, 6.45) is 1.73. The highest BCUT2D eigenvalue weighted by atomic mass is 16.5. The second kappa shape index (κ2) is 7.38. The molecule has 0 spiro atoms. The molecular formula is C18H22N6O2. The second-order valence-electron chi connectivity index (χ2n) is 5.98. The van der Waals surface area contributed by atoms with Crippen molar-refractivity contribution >= 4 is 11.7 Å². The van der Waals surface area contributed by atoms with Gasteiger partial charge in [-0.05, 0) is 38.5 Å². The van der Waals surface area contributed by atoms with Crippen LogP contribution < -0.4 is 10.1 Å². The first-order valence-corrected chi connectivity index (χ1v) is 8.40. The zero-order valence-electron chi connectivity index (χ0n) is 15.4. The molecule has 0 aliphatic carbocycles. The van der Waals surface area contributed by atoms with E-state index in [-0.39, 0.29) is 5.91 Å². The average Bonchev–Trinajstić information content (AvgIpc) is 3.19. The minimum Gasteiger partial charge on any atom is -0.497 e. The molecule has 0 unspecified atom stereocenters. The third kappa shape index (κ3) is 3.44. The molecular weight excluding hydrogens is 332 g/mol. The number of carbonyl (C=O) groups excluding carboxylic acids is 1. The topological polar surface area (TPSA) is 86.9 Å². The van der Waals surface area contributed by atoms with Crippen LogP contribution in [0.3, 0.4) is 0 Å². The van der Waals surface area contributed by atoms with E-state index in [0.717, 1.165) is 16.9 Å². The summed E-state index contributed by atoms with van der Waals surface area (Å²) in [4.78, 5) is 12.6. The number of hydrogen-bond acceptors (Lipinski definition) is 5. The average molecular weight is 354 g/mol. The fraction of sp³-hybridized carbons (Fsp3) is 0.333. The third-order valence-corrected chi connectivity index (χ3v) is 4.24. The molecule has 0 fully saturated rings. The molecule has 0 radical (unpaired) electrons. The molecule has 0 saturated carbocycles. The Morgan fingerprint density at radius 3 is 2.58 bits per heavy atom. The number of benzene rings is 1. The minimum atomic E-state index is -0.290. The number of amides is 1. The Bertz CT molecular complexity index is 910. The van der Waals surface area contributed by atoms with Gasteiger partial charge in [-0.3, -0.25) is 4.79 Å². The van der Waals surface area contributed by atoms with Crippen molar-refractivity contribution < 1.29 is 9.53 Å². The first kappa shape index (κ1) is 17.7. The van der Waals surface area contributed by atoms with E-state index in [9.17, 15) is 4.79 Å². The fourth-order valence-electron chi connectivity index (χ4n) is 2.67. The van der Waals surface area contributed by atoms with Crippen LogP contribution in [0.2, 0.25) is 0 Å². The van der Waals surface area contributed by atoms with Gasteiger partial charge < -0.3 is 10.1 Å². The first-order chi connectivity index (χ1) is 12.5. The van der Waals surface area contributed by atoms with Crippen molar-refractivity contribution in [3.8, 4) is 5.75 Å². The molecule has 8 heteroatoms. The van der Waals surface area contributed by atoms with Crippen LogP contribution in [0.15, 0.2) is 30.5 Å². The Kier molecular flexibility index (Phi) is 5.01. The molecule has 3 aromatic rings. The van der Waals surface area contributed by atoms with Crippen molar-refractivity contribution in [2.45, 2.75) is 33.9 Å². The summed E-state index contributed by atoms with van der Waals surface area (Å²) >= 11 is 0. The largest absolute Gasteiger partial charge is 0.497 e. The van der Waals surface area contributed by atoms with Crippen molar-refractivity contribution in [2.24, 2.45) is 0 Å². The quantitative estimate of drug-likeness (QED) is 0.734. The summed E-state index contributed by atoms with van der Waals surface area (Å²) < 4.78 is 8.61. The lowest BCUT2D eigenvalue weighted by Crippen LogP contribution is -2.18. The van der Waals surface area contributed by atoms with Crippen molar-refractivity contribution in [3.63, 3.8) is 0 Å². The number of carbonyl (C=O) groups is 1. The van der Waals surface area contributed by atoms with Crippen LogP contribution >= 0.6 is 0 Å². The van der Waals surface area contributed by atoms with E-state index in [1.807, 2.05) is 45.0 Å². The Hall–Kier alpha value is -3.16. The highest BCUT2D eigenvalue weighted by Gasteiger charge is 2.19. The molecule has 0 bridgehead atoms. The summed E-state index contributed by atoms with van der Waals surface area (Å²) in [5, 5.41) is 15.3. The third-order valence-electron chi connectivity index (χ3n) is 4.24. The number of nitrogens with one attached hydrogen (secondary N) is 1. The van der Waals surface area contributed by atoms with Gasteiger partial charge in [0.25, 0.3) is 5.91 Å². The van der Waals surface area contributed by atoms with Gasteiger partial charge in [0.05, 0.1) is 25.5 Å². The normalized spacial score (nSPS) is 10.8. The lowest BCUT2D eigenvalue weighted by Gasteiger charge is -2.08. The lowest BCUT2D eigenvalue weighted by atomic mass is 10.2. The number of hydrogen-bond donors (Lipinski definition) is 1. The van der Waals surface area contributed by atoms with Crippen molar-refractivity contribution in [3.05, 3.63) is 53.0 Å². The summed E-state index contributed by atoms with van der Waals surface area (Å²) in [6.45, 7) is 6.91. The Morgan fingerprint density at radius 2 is 1.92 bits per heavy atom. The van der Waals surface area contributed by atoms with Gasteiger partial charge in [-0.15, -0.1) is 5.10 Å². The number of aryl methyl sites for hydroxylation is 2. The van der Waals surface area contributed by atoms with Gasteiger partial charge in [-0.1, -0.05) is 17.3 Å². The van der Waals surface area contributed by atoms with E-state index in [1.54, 1.807) is 22.7 Å². The molecule has 26 heavy (non-hydrogen) atoms. The first-order valence-electron chi connectivity index (χ1n) is 8.40. The van der Waals surface area contributed by atoms with Crippen molar-refractivity contribution in [2.75, 3.05) is 12.4 Å². The smallest absolute Gasteiger partial charge is 0.279 e. The maximum Gasteiger partial charge on any atom is 0.279 e. The van der Waals surface area contributed by atoms with Gasteiger partial charge in [0.2, 0.25) is 0 Å². The van der Waals surface area contributed by atoms with Crippen molar-refractivity contribution in [1.82, 2.24) is 24.8 Å². The van der Waals surface area contributed by atoms with Crippen LogP contribution in [-0.4, -0.2) is 37.8 Å². The fourth-order valence-corrected chi connectivity index (χ4v) is 2.67. The molecule has 0 saturated heterocycles. The summed E-state index contributed by atoms with van der Waals surface area (Å²) in [5.41, 5.74) is 2.97. The number of anilines is 1. The molecule has 3 rings (SSSR count). The van der Waals surface area contributed by atoms with Crippen LogP contribution in [-0.2, 0) is 13.1 Å². The SMILES string of the molecule is CCn1ncc(C)c1NC(=O)c1nnn(Cc2ccc(OC)cc2)c1C. The zero-order chi connectivity index (χ0) is 18.7. The van der Waals surface area contributed by atoms with E-state index in [2.05, 4.69) is 20.7 Å². The van der Waals surface area contributed by atoms with E-state index < -0.39 is 0 Å². The molecule has 1 aromatic carbocycles. The van der Waals surface area contributed by atoms with Crippen LogP contribution in [0.5, 0.6) is 5.75 Å². The highest BCUT2D eigenvalue weighted by molar-refractivity contribution is 6.03. The zero-order valence-corrected chi connectivity index (χ0v) is 15.4. The number of aromatic nitrogens is 5. The molecule has 0 aliphatic rings. The number of ether oxygens (including phenoxy) is 1. The molecule has 0 aliphatic heterocycles. The van der Waals surface area contributed by atoms with Gasteiger partial charge in [0.1, 0.15) is 11.6 Å². The van der Waals surface area contributed by atoms with E-state index in [4.69, 9.17) is 4.74 Å². The van der Waals surface area contributed by atoms with Crippen molar-refractivity contribution in [1.29, 1.82) is 0 Å². The van der Waals surface area contributed by atoms with E-state index >= 15 is 0 Å². The van der Waals surface area contributed by atoms with Crippen LogP contribution in [0.4, 0.5) is 5.82 Å². The predicted molar refractivity (Wildman–Crippen MR) is 97.4 cm³/mol. The second-order valence-corrected chi connectivity index (χ2v) is 5.98. The maximum atomic E-state index is 12.6. The number of rotatable bonds is 6. The highest BCUT2D eigenvalue weighted by Crippen LogP contribution is 2.17. The number of nitrogens with zero attached hydrogens (tertiary/aromatic N) is 5. The van der Waals surface area contributed by atoms with Crippen LogP contribution in [0.1, 0.15) is 34.2 Å². The summed E-state index contributed by atoms with van der Waals surface area (Å²) in [5.74, 6) is 1.19. The molecule has 2 aromatic heterocycles. The molecule has 0 atom stereocenters. The molecule has 1 N–H and O–H groups in total. The standard InChI is InChI=1S/C18H22N6O2/c1-5-23-17(12(2)10-19-23)20-18(25)16-13(3)24(22-21-16)11-14-6-8-15(26-4)9-7-14/h6-10H,5,11H2,1-4H3,(H,20,25). The predicted octanol–water partition coefficient (Wildman–Crippen LogP) is 2.42. The minimum absolute atomic E-state index is 0.290. The lowest BCUT2D eigenvalue weighted by molar-refractivity contribution is 0.102. The molecule has 2 heterocycles. The van der Waals surface area contributed by atoms with Gasteiger partial charge in [-0.2, -0.15) is 5.10 Å². The summed E-state index contributed by atoms with van der Waals surface area (Å²) in [6, 6.07) is 7.71. The van der Waals surface area contributed by atoms with Gasteiger partial charge in [0.15, 0.2) is 5.69 Å². The molecule has 8 nitrogen and oxygen atoms in total. The molecule has 1 amide bonds. The Morgan fingerprint density at radius 1 is 1.19 bits per heavy atom. The van der Waals surface area contributed by atoms with Gasteiger partial charge >= 0.3 is 0 Å².